The van der Waals surface area contributed by atoms with Gasteiger partial charge in [-0.2, -0.15) is 0 Å². The van der Waals surface area contributed by atoms with Crippen molar-refractivity contribution in [3.63, 3.8) is 0 Å². The maximum absolute atomic E-state index is 2.24. The van der Waals surface area contributed by atoms with Crippen LogP contribution in [0.25, 0.3) is 0 Å². The maximum Gasteiger partial charge on any atom is 0.0250 e. The maximum atomic E-state index is 2.24. The minimum absolute atomic E-state index is 0.631. The normalized spacial score (nSPS) is 13.4. The molecule has 2 heteroatoms. The highest BCUT2D eigenvalue weighted by Gasteiger charge is 2.00. The summed E-state index contributed by atoms with van der Waals surface area (Å²) in [6.07, 6.45) is 5.44. The van der Waals surface area contributed by atoms with Gasteiger partial charge in [0, 0.05) is 39.1 Å². The highest BCUT2D eigenvalue weighted by atomic mass is 15.1. The Balaban J connectivity index is 3.81. The molecule has 0 fully saturated rings. The summed E-state index contributed by atoms with van der Waals surface area (Å²) in [6.45, 7) is 7.65. The summed E-state index contributed by atoms with van der Waals surface area (Å²) in [7, 11) is 4.20. The summed E-state index contributed by atoms with van der Waals surface area (Å²) >= 11 is 0. The molecule has 0 heterocycles. The molecular weight excluding hydrogens is 148 g/mol. The zero-order valence-corrected chi connectivity index (χ0v) is 9.04. The third kappa shape index (κ3) is 4.27. The van der Waals surface area contributed by atoms with E-state index in [2.05, 4.69) is 57.1 Å². The van der Waals surface area contributed by atoms with E-state index in [1.54, 1.807) is 0 Å². The molecule has 12 heavy (non-hydrogen) atoms. The predicted octanol–water partition coefficient (Wildman–Crippen LogP) is 2.14. The number of nitrogens with zero attached hydrogens (tertiary/aromatic N) is 2. The molecule has 0 rings (SSSR count). The molecule has 0 spiro atoms. The molecule has 0 aliphatic heterocycles. The van der Waals surface area contributed by atoms with Crippen molar-refractivity contribution in [2.45, 2.75) is 33.2 Å². The highest BCUT2D eigenvalue weighted by Crippen LogP contribution is 2.00. The molecule has 0 aromatic carbocycles. The van der Waals surface area contributed by atoms with Gasteiger partial charge >= 0.3 is 0 Å². The molecule has 72 valence electrons. The molecule has 0 N–H and O–H groups in total. The van der Waals surface area contributed by atoms with Crippen molar-refractivity contribution >= 4 is 0 Å². The third-order valence-corrected chi connectivity index (χ3v) is 2.34. The van der Waals surface area contributed by atoms with Gasteiger partial charge in [0.05, 0.1) is 0 Å². The molecular formula is C10H22N2. The lowest BCUT2D eigenvalue weighted by atomic mass is 10.2. The van der Waals surface area contributed by atoms with Gasteiger partial charge in [-0.3, -0.25) is 0 Å². The number of hydrogen-bond acceptors (Lipinski definition) is 2. The average molecular weight is 170 g/mol. The molecule has 0 aliphatic rings. The van der Waals surface area contributed by atoms with E-state index in [4.69, 9.17) is 0 Å². The monoisotopic (exact) mass is 170 g/mol. The van der Waals surface area contributed by atoms with Crippen LogP contribution >= 0.6 is 0 Å². The van der Waals surface area contributed by atoms with E-state index in [1.165, 1.54) is 6.42 Å². The first kappa shape index (κ1) is 11.3. The standard InChI is InChI=1S/C10H22N2/c1-6-10(3)12(5)9-8-11(4)7-2/h8-10H,6-7H2,1-5H3/b9-8-. The van der Waals surface area contributed by atoms with Crippen LogP contribution in [0.1, 0.15) is 27.2 Å². The summed E-state index contributed by atoms with van der Waals surface area (Å²) < 4.78 is 0. The quantitative estimate of drug-likeness (QED) is 0.623. The minimum atomic E-state index is 0.631. The van der Waals surface area contributed by atoms with Crippen LogP contribution in [0, 0.1) is 0 Å². The topological polar surface area (TPSA) is 6.48 Å². The van der Waals surface area contributed by atoms with Crippen LogP contribution in [0.3, 0.4) is 0 Å². The van der Waals surface area contributed by atoms with E-state index >= 15 is 0 Å². The fourth-order valence-electron chi connectivity index (χ4n) is 0.759. The first-order valence-electron chi connectivity index (χ1n) is 4.72. The summed E-state index contributed by atoms with van der Waals surface area (Å²) in [4.78, 5) is 4.41. The van der Waals surface area contributed by atoms with E-state index in [1.807, 2.05) is 0 Å². The molecule has 1 unspecified atom stereocenters. The molecule has 0 bridgehead atoms. The lowest BCUT2D eigenvalue weighted by molar-refractivity contribution is 0.334. The van der Waals surface area contributed by atoms with Crippen molar-refractivity contribution in [2.75, 3.05) is 20.6 Å². The van der Waals surface area contributed by atoms with Gasteiger partial charge in [-0.25, -0.2) is 0 Å². The SMILES string of the molecule is CCC(C)N(C)/C=C\N(C)CC. The van der Waals surface area contributed by atoms with Gasteiger partial charge in [-0.1, -0.05) is 6.92 Å². The van der Waals surface area contributed by atoms with E-state index < -0.39 is 0 Å². The summed E-state index contributed by atoms with van der Waals surface area (Å²) in [5, 5.41) is 0. The molecule has 0 saturated carbocycles. The van der Waals surface area contributed by atoms with Crippen molar-refractivity contribution in [1.82, 2.24) is 9.80 Å². The molecule has 0 amide bonds. The Morgan fingerprint density at radius 2 is 1.75 bits per heavy atom. The molecule has 0 saturated heterocycles. The summed E-state index contributed by atoms with van der Waals surface area (Å²) in [5.74, 6) is 0. The molecule has 0 aliphatic carbocycles. The van der Waals surface area contributed by atoms with Gasteiger partial charge < -0.3 is 9.80 Å². The minimum Gasteiger partial charge on any atom is -0.380 e. The Labute approximate surface area is 76.9 Å². The van der Waals surface area contributed by atoms with E-state index in [0.29, 0.717) is 6.04 Å². The second-order valence-corrected chi connectivity index (χ2v) is 3.29. The lowest BCUT2D eigenvalue weighted by Gasteiger charge is -2.22. The number of hydrogen-bond donors (Lipinski definition) is 0. The van der Waals surface area contributed by atoms with Crippen LogP contribution in [0.15, 0.2) is 12.4 Å². The van der Waals surface area contributed by atoms with Crippen molar-refractivity contribution < 1.29 is 0 Å². The lowest BCUT2D eigenvalue weighted by Crippen LogP contribution is -2.23. The Morgan fingerprint density at radius 3 is 2.17 bits per heavy atom. The molecule has 0 aromatic rings. The van der Waals surface area contributed by atoms with Crippen LogP contribution in [0.5, 0.6) is 0 Å². The van der Waals surface area contributed by atoms with E-state index in [0.717, 1.165) is 6.54 Å². The zero-order valence-electron chi connectivity index (χ0n) is 9.04. The predicted molar refractivity (Wildman–Crippen MR) is 55.0 cm³/mol. The smallest absolute Gasteiger partial charge is 0.0250 e. The van der Waals surface area contributed by atoms with Crippen LogP contribution < -0.4 is 0 Å². The van der Waals surface area contributed by atoms with E-state index in [9.17, 15) is 0 Å². The first-order valence-corrected chi connectivity index (χ1v) is 4.72. The fraction of sp³-hybridized carbons (Fsp3) is 0.800. The van der Waals surface area contributed by atoms with E-state index in [-0.39, 0.29) is 0 Å². The Morgan fingerprint density at radius 1 is 1.17 bits per heavy atom. The zero-order chi connectivity index (χ0) is 9.56. The van der Waals surface area contributed by atoms with Crippen LogP contribution in [0.2, 0.25) is 0 Å². The van der Waals surface area contributed by atoms with Crippen LogP contribution in [-0.2, 0) is 0 Å². The summed E-state index contributed by atoms with van der Waals surface area (Å²) in [5.41, 5.74) is 0. The Hall–Kier alpha value is -0.660. The van der Waals surface area contributed by atoms with Gasteiger partial charge in [0.15, 0.2) is 0 Å². The fourth-order valence-corrected chi connectivity index (χ4v) is 0.759. The van der Waals surface area contributed by atoms with Crippen LogP contribution in [0.4, 0.5) is 0 Å². The van der Waals surface area contributed by atoms with Crippen molar-refractivity contribution in [3.05, 3.63) is 12.4 Å². The number of rotatable bonds is 5. The van der Waals surface area contributed by atoms with Crippen molar-refractivity contribution in [2.24, 2.45) is 0 Å². The second kappa shape index (κ2) is 5.92. The first-order chi connectivity index (χ1) is 5.61. The molecule has 0 aromatic heterocycles. The molecule has 2 nitrogen and oxygen atoms in total. The third-order valence-electron chi connectivity index (χ3n) is 2.34. The highest BCUT2D eigenvalue weighted by molar-refractivity contribution is 4.81. The average Bonchev–Trinajstić information content (AvgIpc) is 2.11. The Kier molecular flexibility index (Phi) is 5.60. The second-order valence-electron chi connectivity index (χ2n) is 3.29. The summed E-state index contributed by atoms with van der Waals surface area (Å²) in [6, 6.07) is 0.631. The van der Waals surface area contributed by atoms with Gasteiger partial charge in [-0.15, -0.1) is 0 Å². The van der Waals surface area contributed by atoms with Crippen molar-refractivity contribution in [1.29, 1.82) is 0 Å². The van der Waals surface area contributed by atoms with Gasteiger partial charge in [0.2, 0.25) is 0 Å². The van der Waals surface area contributed by atoms with Gasteiger partial charge in [0.25, 0.3) is 0 Å². The van der Waals surface area contributed by atoms with Gasteiger partial charge in [0.1, 0.15) is 0 Å². The largest absolute Gasteiger partial charge is 0.380 e. The van der Waals surface area contributed by atoms with Crippen LogP contribution in [-0.4, -0.2) is 36.5 Å². The van der Waals surface area contributed by atoms with Crippen molar-refractivity contribution in [3.8, 4) is 0 Å². The Bertz CT molecular complexity index is 132. The molecule has 0 radical (unpaired) electrons. The molecule has 1 atom stereocenters. The van der Waals surface area contributed by atoms with Gasteiger partial charge in [-0.05, 0) is 20.3 Å².